The van der Waals surface area contributed by atoms with Crippen molar-refractivity contribution in [2.24, 2.45) is 0 Å². The van der Waals surface area contributed by atoms with E-state index in [9.17, 15) is 0 Å². The largest absolute Gasteiger partial charge is 0.493 e. The predicted molar refractivity (Wildman–Crippen MR) is 129 cm³/mol. The fourth-order valence-corrected chi connectivity index (χ4v) is 4.31. The van der Waals surface area contributed by atoms with Gasteiger partial charge in [-0.2, -0.15) is 0 Å². The van der Waals surface area contributed by atoms with E-state index in [0.717, 1.165) is 16.7 Å². The van der Waals surface area contributed by atoms with Crippen LogP contribution in [-0.2, 0) is 0 Å². The maximum Gasteiger partial charge on any atom is 0.162 e. The van der Waals surface area contributed by atoms with Crippen molar-refractivity contribution in [3.05, 3.63) is 75.7 Å². The molecule has 2 heterocycles. The van der Waals surface area contributed by atoms with Crippen LogP contribution in [-0.4, -0.2) is 24.2 Å². The molecule has 0 bridgehead atoms. The Hall–Kier alpha value is -3.38. The first-order valence-electron chi connectivity index (χ1n) is 10.1. The number of rotatable bonds is 7. The lowest BCUT2D eigenvalue weighted by Gasteiger charge is -2.16. The second-order valence-electron chi connectivity index (χ2n) is 7.19. The molecule has 0 radical (unpaired) electrons. The van der Waals surface area contributed by atoms with Crippen molar-refractivity contribution >= 4 is 40.2 Å². The van der Waals surface area contributed by atoms with Gasteiger partial charge >= 0.3 is 0 Å². The van der Waals surface area contributed by atoms with Gasteiger partial charge < -0.3 is 14.8 Å². The number of hydrogen-bond donors (Lipinski definition) is 1. The molecular weight excluding hydrogens is 406 g/mol. The van der Waals surface area contributed by atoms with E-state index < -0.39 is 0 Å². The predicted octanol–water partition coefficient (Wildman–Crippen LogP) is 6.36. The number of aryl methyl sites for hydroxylation is 1. The maximum absolute atomic E-state index is 5.47. The number of nitrogens with one attached hydrogen (secondary N) is 1. The van der Waals surface area contributed by atoms with E-state index in [-0.39, 0.29) is 6.04 Å². The Kier molecular flexibility index (Phi) is 6.18. The highest BCUT2D eigenvalue weighted by molar-refractivity contribution is 7.13. The van der Waals surface area contributed by atoms with Crippen LogP contribution in [0.1, 0.15) is 34.1 Å². The van der Waals surface area contributed by atoms with Crippen molar-refractivity contribution in [2.75, 3.05) is 19.5 Å². The monoisotopic (exact) mass is 431 g/mol. The Morgan fingerprint density at radius 1 is 0.935 bits per heavy atom. The Morgan fingerprint density at radius 2 is 1.68 bits per heavy atom. The Balaban J connectivity index is 1.59. The Bertz CT molecular complexity index is 1220. The van der Waals surface area contributed by atoms with E-state index in [1.165, 1.54) is 15.3 Å². The minimum absolute atomic E-state index is 0.0921. The topological polar surface area (TPSA) is 56.3 Å². The Morgan fingerprint density at radius 3 is 2.42 bits per heavy atom. The number of fused-ring (bicyclic) bond motifs is 1. The average molecular weight is 432 g/mol. The molecule has 0 fully saturated rings. The first kappa shape index (κ1) is 20.9. The first-order valence-corrected chi connectivity index (χ1v) is 10.9. The highest BCUT2D eigenvalue weighted by atomic mass is 32.1. The van der Waals surface area contributed by atoms with Crippen LogP contribution in [0.15, 0.2) is 54.6 Å². The van der Waals surface area contributed by atoms with Gasteiger partial charge in [-0.15, -0.1) is 11.3 Å². The SMILES string of the molecule is COc1cc2nc(C)nc(NC(C)c3ccc(/C=C/c4ccccc4)s3)c2cc1OC. The number of methoxy groups -OCH3 is 2. The summed E-state index contributed by atoms with van der Waals surface area (Å²) >= 11 is 1.77. The third-order valence-electron chi connectivity index (χ3n) is 4.98. The molecule has 5 nitrogen and oxygen atoms in total. The van der Waals surface area contributed by atoms with Gasteiger partial charge in [-0.25, -0.2) is 9.97 Å². The first-order chi connectivity index (χ1) is 15.1. The van der Waals surface area contributed by atoms with Gasteiger partial charge in [0, 0.05) is 21.2 Å². The third kappa shape index (κ3) is 4.70. The summed E-state index contributed by atoms with van der Waals surface area (Å²) < 4.78 is 10.9. The van der Waals surface area contributed by atoms with Crippen molar-refractivity contribution in [1.82, 2.24) is 9.97 Å². The molecule has 1 atom stereocenters. The van der Waals surface area contributed by atoms with Crippen LogP contribution in [0.4, 0.5) is 5.82 Å². The van der Waals surface area contributed by atoms with E-state index in [1.54, 1.807) is 25.6 Å². The average Bonchev–Trinajstić information content (AvgIpc) is 3.26. The van der Waals surface area contributed by atoms with Gasteiger partial charge in [-0.1, -0.05) is 36.4 Å². The minimum atomic E-state index is 0.0921. The number of ether oxygens (including phenoxy) is 2. The number of hydrogen-bond acceptors (Lipinski definition) is 6. The van der Waals surface area contributed by atoms with Crippen molar-refractivity contribution in [1.29, 1.82) is 0 Å². The quantitative estimate of drug-likeness (QED) is 0.369. The van der Waals surface area contributed by atoms with Crippen LogP contribution in [0.3, 0.4) is 0 Å². The van der Waals surface area contributed by atoms with Gasteiger partial charge in [-0.05, 0) is 43.7 Å². The number of aromatic nitrogens is 2. The normalized spacial score (nSPS) is 12.3. The van der Waals surface area contributed by atoms with Gasteiger partial charge in [0.05, 0.1) is 25.8 Å². The molecule has 0 spiro atoms. The fourth-order valence-electron chi connectivity index (χ4n) is 3.39. The lowest BCUT2D eigenvalue weighted by molar-refractivity contribution is 0.356. The molecule has 4 aromatic rings. The zero-order valence-electron chi connectivity index (χ0n) is 18.0. The number of benzene rings is 2. The summed E-state index contributed by atoms with van der Waals surface area (Å²) in [5, 5.41) is 4.46. The van der Waals surface area contributed by atoms with Crippen LogP contribution < -0.4 is 14.8 Å². The van der Waals surface area contributed by atoms with Crippen LogP contribution >= 0.6 is 11.3 Å². The molecule has 4 rings (SSSR count). The van der Waals surface area contributed by atoms with Gasteiger partial charge in [0.2, 0.25) is 0 Å². The zero-order valence-corrected chi connectivity index (χ0v) is 18.9. The van der Waals surface area contributed by atoms with Gasteiger partial charge in [-0.3, -0.25) is 0 Å². The molecule has 2 aromatic heterocycles. The lowest BCUT2D eigenvalue weighted by Crippen LogP contribution is -2.08. The second-order valence-corrected chi connectivity index (χ2v) is 8.34. The minimum Gasteiger partial charge on any atom is -0.493 e. The molecule has 1 N–H and O–H groups in total. The summed E-state index contributed by atoms with van der Waals surface area (Å²) in [4.78, 5) is 11.7. The maximum atomic E-state index is 5.47. The van der Waals surface area contributed by atoms with Crippen LogP contribution in [0.5, 0.6) is 11.5 Å². The van der Waals surface area contributed by atoms with E-state index in [2.05, 4.69) is 58.6 Å². The van der Waals surface area contributed by atoms with E-state index in [4.69, 9.17) is 9.47 Å². The summed E-state index contributed by atoms with van der Waals surface area (Å²) in [5.41, 5.74) is 2.01. The molecule has 0 saturated heterocycles. The summed E-state index contributed by atoms with van der Waals surface area (Å²) in [6.45, 7) is 4.03. The Labute approximate surface area is 186 Å². The van der Waals surface area contributed by atoms with Crippen LogP contribution in [0.2, 0.25) is 0 Å². The second kappa shape index (κ2) is 9.18. The molecule has 31 heavy (non-hydrogen) atoms. The van der Waals surface area contributed by atoms with Crippen LogP contribution in [0, 0.1) is 6.92 Å². The summed E-state index contributed by atoms with van der Waals surface area (Å²) in [6, 6.07) is 18.5. The molecule has 0 amide bonds. The van der Waals surface area contributed by atoms with Crippen molar-refractivity contribution in [3.63, 3.8) is 0 Å². The zero-order chi connectivity index (χ0) is 21.8. The van der Waals surface area contributed by atoms with Crippen molar-refractivity contribution < 1.29 is 9.47 Å². The molecule has 0 aliphatic heterocycles. The molecule has 6 heteroatoms. The van der Waals surface area contributed by atoms with Gasteiger partial charge in [0.1, 0.15) is 11.6 Å². The molecule has 158 valence electrons. The molecule has 1 unspecified atom stereocenters. The van der Waals surface area contributed by atoms with Gasteiger partial charge in [0.15, 0.2) is 11.5 Å². The van der Waals surface area contributed by atoms with E-state index in [0.29, 0.717) is 17.3 Å². The van der Waals surface area contributed by atoms with Crippen molar-refractivity contribution in [2.45, 2.75) is 19.9 Å². The van der Waals surface area contributed by atoms with Crippen molar-refractivity contribution in [3.8, 4) is 11.5 Å². The summed E-state index contributed by atoms with van der Waals surface area (Å²) in [5.74, 6) is 2.79. The number of nitrogens with zero attached hydrogens (tertiary/aromatic N) is 2. The lowest BCUT2D eigenvalue weighted by atomic mass is 10.2. The number of thiophene rings is 1. The van der Waals surface area contributed by atoms with E-state index >= 15 is 0 Å². The highest BCUT2D eigenvalue weighted by Crippen LogP contribution is 2.35. The molecule has 0 aliphatic carbocycles. The smallest absolute Gasteiger partial charge is 0.162 e. The standard InChI is InChI=1S/C25H25N3O2S/c1-16(24-13-12-19(31-24)11-10-18-8-6-5-7-9-18)26-25-20-14-22(29-3)23(30-4)15-21(20)27-17(2)28-25/h5-16H,1-4H3,(H,26,27,28)/b11-10+. The number of anilines is 1. The molecule has 2 aromatic carbocycles. The van der Waals surface area contributed by atoms with Gasteiger partial charge in [0.25, 0.3) is 0 Å². The molecular formula is C25H25N3O2S. The van der Waals surface area contributed by atoms with E-state index in [1.807, 2.05) is 37.3 Å². The highest BCUT2D eigenvalue weighted by Gasteiger charge is 2.15. The fraction of sp³-hybridized carbons (Fsp3) is 0.200. The third-order valence-corrected chi connectivity index (χ3v) is 6.21. The summed E-state index contributed by atoms with van der Waals surface area (Å²) in [7, 11) is 3.25. The molecule has 0 saturated carbocycles. The summed E-state index contributed by atoms with van der Waals surface area (Å²) in [6.07, 6.45) is 4.28. The van der Waals surface area contributed by atoms with Crippen LogP contribution in [0.25, 0.3) is 23.1 Å². The molecule has 0 aliphatic rings.